The lowest BCUT2D eigenvalue weighted by atomic mass is 10.0. The lowest BCUT2D eigenvalue weighted by Crippen LogP contribution is -2.33. The molecule has 4 nitrogen and oxygen atoms in total. The minimum Gasteiger partial charge on any atom is -0.388 e. The molecule has 1 unspecified atom stereocenters. The van der Waals surface area contributed by atoms with Crippen LogP contribution < -0.4 is 5.32 Å². The Kier molecular flexibility index (Phi) is 3.23. The van der Waals surface area contributed by atoms with Gasteiger partial charge in [0.25, 0.3) is 0 Å². The molecule has 1 atom stereocenters. The molecule has 2 rings (SSSR count). The maximum atomic E-state index is 9.47. The van der Waals surface area contributed by atoms with Crippen LogP contribution in [0.25, 0.3) is 0 Å². The normalized spacial score (nSPS) is 21.5. The number of aliphatic hydroxyl groups excluding tert-OH is 1. The molecule has 0 aliphatic carbocycles. The predicted molar refractivity (Wildman–Crippen MR) is 61.6 cm³/mol. The van der Waals surface area contributed by atoms with Gasteiger partial charge in [0.1, 0.15) is 0 Å². The SMILES string of the molecule is Cn1ncc(Br)c1CC1=CC(O)CNC1. The van der Waals surface area contributed by atoms with E-state index in [1.807, 2.05) is 17.8 Å². The molecule has 82 valence electrons. The maximum Gasteiger partial charge on any atom is 0.0848 e. The average Bonchev–Trinajstić information content (AvgIpc) is 2.50. The predicted octanol–water partition coefficient (Wildman–Crippen LogP) is 0.616. The van der Waals surface area contributed by atoms with Crippen molar-refractivity contribution in [2.45, 2.75) is 12.5 Å². The zero-order chi connectivity index (χ0) is 10.8. The van der Waals surface area contributed by atoms with Gasteiger partial charge < -0.3 is 10.4 Å². The van der Waals surface area contributed by atoms with Gasteiger partial charge in [-0.05, 0) is 15.9 Å². The molecule has 15 heavy (non-hydrogen) atoms. The van der Waals surface area contributed by atoms with Crippen molar-refractivity contribution in [3.05, 3.63) is 28.0 Å². The Morgan fingerprint density at radius 1 is 1.73 bits per heavy atom. The van der Waals surface area contributed by atoms with Gasteiger partial charge in [0.2, 0.25) is 0 Å². The highest BCUT2D eigenvalue weighted by molar-refractivity contribution is 9.10. The summed E-state index contributed by atoms with van der Waals surface area (Å²) in [6.07, 6.45) is 4.18. The van der Waals surface area contributed by atoms with Crippen molar-refractivity contribution in [1.82, 2.24) is 15.1 Å². The molecule has 0 saturated carbocycles. The Morgan fingerprint density at radius 2 is 2.53 bits per heavy atom. The minimum atomic E-state index is -0.360. The molecule has 2 heterocycles. The zero-order valence-corrected chi connectivity index (χ0v) is 10.2. The lowest BCUT2D eigenvalue weighted by Gasteiger charge is -2.18. The third-order valence-electron chi connectivity index (χ3n) is 2.54. The second-order valence-corrected chi connectivity index (χ2v) is 4.62. The first-order chi connectivity index (χ1) is 7.16. The van der Waals surface area contributed by atoms with Gasteiger partial charge in [-0.2, -0.15) is 5.10 Å². The Labute approximate surface area is 97.1 Å². The summed E-state index contributed by atoms with van der Waals surface area (Å²) in [4.78, 5) is 0. The number of hydrogen-bond donors (Lipinski definition) is 2. The van der Waals surface area contributed by atoms with Crippen LogP contribution in [0, 0.1) is 0 Å². The zero-order valence-electron chi connectivity index (χ0n) is 8.57. The molecule has 0 saturated heterocycles. The van der Waals surface area contributed by atoms with Crippen LogP contribution in [0.2, 0.25) is 0 Å². The van der Waals surface area contributed by atoms with E-state index in [-0.39, 0.29) is 6.10 Å². The van der Waals surface area contributed by atoms with Gasteiger partial charge >= 0.3 is 0 Å². The van der Waals surface area contributed by atoms with Crippen LogP contribution in [0.15, 0.2) is 22.3 Å². The van der Waals surface area contributed by atoms with Gasteiger partial charge in [0.05, 0.1) is 22.5 Å². The van der Waals surface area contributed by atoms with E-state index in [0.29, 0.717) is 6.54 Å². The molecule has 2 N–H and O–H groups in total. The number of aliphatic hydroxyl groups is 1. The number of halogens is 1. The summed E-state index contributed by atoms with van der Waals surface area (Å²) in [7, 11) is 1.92. The Balaban J connectivity index is 2.15. The second-order valence-electron chi connectivity index (χ2n) is 3.76. The standard InChI is InChI=1S/C10H14BrN3O/c1-14-10(9(11)6-13-14)3-7-2-8(15)5-12-4-7/h2,6,8,12,15H,3-5H2,1H3. The summed E-state index contributed by atoms with van der Waals surface area (Å²) in [6.45, 7) is 1.49. The van der Waals surface area contributed by atoms with Crippen molar-refractivity contribution in [2.75, 3.05) is 13.1 Å². The number of nitrogens with one attached hydrogen (secondary N) is 1. The van der Waals surface area contributed by atoms with Crippen molar-refractivity contribution in [1.29, 1.82) is 0 Å². The van der Waals surface area contributed by atoms with Crippen molar-refractivity contribution in [3.63, 3.8) is 0 Å². The quantitative estimate of drug-likeness (QED) is 0.776. The summed E-state index contributed by atoms with van der Waals surface area (Å²) in [5.74, 6) is 0. The summed E-state index contributed by atoms with van der Waals surface area (Å²) in [5, 5.41) is 16.8. The third-order valence-corrected chi connectivity index (χ3v) is 3.20. The first kappa shape index (κ1) is 10.9. The van der Waals surface area contributed by atoms with Gasteiger partial charge in [-0.3, -0.25) is 4.68 Å². The smallest absolute Gasteiger partial charge is 0.0848 e. The van der Waals surface area contributed by atoms with Crippen molar-refractivity contribution < 1.29 is 5.11 Å². The van der Waals surface area contributed by atoms with Crippen LogP contribution in [0.3, 0.4) is 0 Å². The van der Waals surface area contributed by atoms with E-state index < -0.39 is 0 Å². The van der Waals surface area contributed by atoms with E-state index in [9.17, 15) is 5.11 Å². The molecule has 1 aromatic rings. The highest BCUT2D eigenvalue weighted by atomic mass is 79.9. The van der Waals surface area contributed by atoms with Crippen LogP contribution >= 0.6 is 15.9 Å². The molecule has 0 radical (unpaired) electrons. The molecular formula is C10H14BrN3O. The number of nitrogens with zero attached hydrogens (tertiary/aromatic N) is 2. The maximum absolute atomic E-state index is 9.47. The Hall–Kier alpha value is -0.650. The van der Waals surface area contributed by atoms with Gasteiger partial charge in [0, 0.05) is 26.6 Å². The Bertz CT molecular complexity index is 367. The molecule has 1 aliphatic heterocycles. The highest BCUT2D eigenvalue weighted by Gasteiger charge is 2.13. The highest BCUT2D eigenvalue weighted by Crippen LogP contribution is 2.19. The van der Waals surface area contributed by atoms with Crippen LogP contribution in [0.4, 0.5) is 0 Å². The van der Waals surface area contributed by atoms with E-state index in [4.69, 9.17) is 0 Å². The first-order valence-electron chi connectivity index (χ1n) is 4.91. The van der Waals surface area contributed by atoms with Crippen LogP contribution in [-0.2, 0) is 13.5 Å². The van der Waals surface area contributed by atoms with E-state index >= 15 is 0 Å². The molecule has 5 heteroatoms. The first-order valence-corrected chi connectivity index (χ1v) is 5.71. The molecule has 1 aliphatic rings. The largest absolute Gasteiger partial charge is 0.388 e. The molecule has 0 bridgehead atoms. The fourth-order valence-corrected chi connectivity index (χ4v) is 2.23. The summed E-state index contributed by atoms with van der Waals surface area (Å²) in [6, 6.07) is 0. The number of aryl methyl sites for hydroxylation is 1. The topological polar surface area (TPSA) is 50.1 Å². The number of aromatic nitrogens is 2. The van der Waals surface area contributed by atoms with Gasteiger partial charge in [-0.1, -0.05) is 11.6 Å². The van der Waals surface area contributed by atoms with Gasteiger partial charge in [-0.15, -0.1) is 0 Å². The molecular weight excluding hydrogens is 258 g/mol. The van der Waals surface area contributed by atoms with Crippen LogP contribution in [0.1, 0.15) is 5.69 Å². The molecule has 0 aromatic carbocycles. The minimum absolute atomic E-state index is 0.360. The van der Waals surface area contributed by atoms with Crippen LogP contribution in [-0.4, -0.2) is 34.1 Å². The Morgan fingerprint density at radius 3 is 3.13 bits per heavy atom. The second kappa shape index (κ2) is 4.47. The lowest BCUT2D eigenvalue weighted by molar-refractivity contribution is 0.212. The fraction of sp³-hybridized carbons (Fsp3) is 0.500. The summed E-state index contributed by atoms with van der Waals surface area (Å²) < 4.78 is 2.87. The average molecular weight is 272 g/mol. The molecule has 0 fully saturated rings. The number of rotatable bonds is 2. The van der Waals surface area contributed by atoms with E-state index in [1.54, 1.807) is 6.20 Å². The molecule has 0 spiro atoms. The van der Waals surface area contributed by atoms with E-state index in [1.165, 1.54) is 5.57 Å². The van der Waals surface area contributed by atoms with E-state index in [2.05, 4.69) is 26.3 Å². The van der Waals surface area contributed by atoms with Gasteiger partial charge in [0.15, 0.2) is 0 Å². The summed E-state index contributed by atoms with van der Waals surface area (Å²) >= 11 is 3.47. The monoisotopic (exact) mass is 271 g/mol. The summed E-state index contributed by atoms with van der Waals surface area (Å²) in [5.41, 5.74) is 2.34. The molecule has 1 aromatic heterocycles. The molecule has 0 amide bonds. The fourth-order valence-electron chi connectivity index (χ4n) is 1.74. The number of hydrogen-bond acceptors (Lipinski definition) is 3. The van der Waals surface area contributed by atoms with Crippen molar-refractivity contribution in [3.8, 4) is 0 Å². The third kappa shape index (κ3) is 2.48. The van der Waals surface area contributed by atoms with Crippen molar-refractivity contribution >= 4 is 15.9 Å². The number of β-amino-alcohol motifs (C(OH)–C–C–N with tert-alkyl or cyclic N) is 1. The van der Waals surface area contributed by atoms with Crippen molar-refractivity contribution in [2.24, 2.45) is 7.05 Å². The van der Waals surface area contributed by atoms with E-state index in [0.717, 1.165) is 23.1 Å². The van der Waals surface area contributed by atoms with Gasteiger partial charge in [-0.25, -0.2) is 0 Å². The van der Waals surface area contributed by atoms with Crippen LogP contribution in [0.5, 0.6) is 0 Å².